The molecule has 1 aliphatic carbocycles. The van der Waals surface area contributed by atoms with Gasteiger partial charge in [-0.25, -0.2) is 5.53 Å². The maximum atomic E-state index is 6.95. The molecule has 3 N–H and O–H groups in total. The molecule has 4 heteroatoms. The fourth-order valence-corrected chi connectivity index (χ4v) is 1.71. The lowest BCUT2D eigenvalue weighted by Crippen LogP contribution is -2.23. The van der Waals surface area contributed by atoms with Crippen LogP contribution in [0.3, 0.4) is 0 Å². The quantitative estimate of drug-likeness (QED) is 0.617. The third-order valence-electron chi connectivity index (χ3n) is 2.69. The van der Waals surface area contributed by atoms with Gasteiger partial charge in [-0.05, 0) is 36.4 Å². The van der Waals surface area contributed by atoms with Crippen molar-refractivity contribution in [3.8, 4) is 5.75 Å². The summed E-state index contributed by atoms with van der Waals surface area (Å²) < 4.78 is 5.83. The van der Waals surface area contributed by atoms with Crippen LogP contribution in [0, 0.1) is 11.4 Å². The number of nitrogens with zero attached hydrogens (tertiary/aromatic N) is 1. The molecular formula is C13H15N3O. The number of nitrogens with two attached hydrogens (primary N) is 1. The lowest BCUT2D eigenvalue weighted by atomic mass is 9.98. The van der Waals surface area contributed by atoms with Crippen LogP contribution < -0.4 is 10.5 Å². The largest absolute Gasteiger partial charge is 0.486 e. The Bertz CT molecular complexity index is 462. The number of ether oxygens (including phenoxy) is 1. The fourth-order valence-electron chi connectivity index (χ4n) is 1.71. The molecule has 0 amide bonds. The zero-order valence-corrected chi connectivity index (χ0v) is 9.63. The summed E-state index contributed by atoms with van der Waals surface area (Å²) >= 11 is 0. The third kappa shape index (κ3) is 2.72. The number of anilines is 1. The summed E-state index contributed by atoms with van der Waals surface area (Å²) in [6.45, 7) is 2.04. The summed E-state index contributed by atoms with van der Waals surface area (Å²) in [4.78, 5) is 0. The molecule has 0 heterocycles. The zero-order chi connectivity index (χ0) is 12.3. The molecule has 0 bridgehead atoms. The second kappa shape index (κ2) is 4.82. The summed E-state index contributed by atoms with van der Waals surface area (Å²) in [7, 11) is 0. The van der Waals surface area contributed by atoms with Crippen LogP contribution >= 0.6 is 0 Å². The average molecular weight is 229 g/mol. The van der Waals surface area contributed by atoms with Crippen LogP contribution in [-0.4, -0.2) is 6.10 Å². The first-order valence-electron chi connectivity index (χ1n) is 5.49. The van der Waals surface area contributed by atoms with Crippen molar-refractivity contribution in [3.63, 3.8) is 0 Å². The molecule has 0 saturated carbocycles. The van der Waals surface area contributed by atoms with Crippen molar-refractivity contribution in [2.24, 2.45) is 11.0 Å². The van der Waals surface area contributed by atoms with Gasteiger partial charge >= 0.3 is 0 Å². The van der Waals surface area contributed by atoms with E-state index >= 15 is 0 Å². The molecule has 2 unspecified atom stereocenters. The zero-order valence-electron chi connectivity index (χ0n) is 9.63. The van der Waals surface area contributed by atoms with E-state index in [0.717, 1.165) is 11.4 Å². The molecular weight excluding hydrogens is 214 g/mol. The Morgan fingerprint density at radius 2 is 2.00 bits per heavy atom. The average Bonchev–Trinajstić information content (AvgIpc) is 2.34. The second-order valence-electron chi connectivity index (χ2n) is 4.07. The molecule has 2 rings (SSSR count). The number of nitrogens with one attached hydrogen (secondary N) is 1. The summed E-state index contributed by atoms with van der Waals surface area (Å²) in [5, 5.41) is 3.40. The molecule has 0 fully saturated rings. The van der Waals surface area contributed by atoms with Crippen LogP contribution in [0.5, 0.6) is 5.75 Å². The molecule has 1 aliphatic rings. The number of allylic oxidation sites excluding steroid dienone is 1. The van der Waals surface area contributed by atoms with Gasteiger partial charge in [-0.1, -0.05) is 13.0 Å². The van der Waals surface area contributed by atoms with Crippen LogP contribution in [0.4, 0.5) is 5.69 Å². The van der Waals surface area contributed by atoms with Crippen molar-refractivity contribution in [2.75, 3.05) is 5.73 Å². The Hall–Kier alpha value is -2.10. The van der Waals surface area contributed by atoms with Crippen molar-refractivity contribution >= 4 is 5.69 Å². The molecule has 0 aliphatic heterocycles. The first-order valence-corrected chi connectivity index (χ1v) is 5.49. The highest BCUT2D eigenvalue weighted by molar-refractivity contribution is 5.41. The molecule has 1 aromatic carbocycles. The van der Waals surface area contributed by atoms with E-state index in [2.05, 4.69) is 5.11 Å². The molecule has 0 radical (unpaired) electrons. The third-order valence-corrected chi connectivity index (χ3v) is 2.69. The Balaban J connectivity index is 2.06. The Labute approximate surface area is 100 Å². The summed E-state index contributed by atoms with van der Waals surface area (Å²) in [6, 6.07) is 7.33. The highest BCUT2D eigenvalue weighted by Crippen LogP contribution is 2.23. The van der Waals surface area contributed by atoms with Gasteiger partial charge in [-0.3, -0.25) is 0 Å². The lowest BCUT2D eigenvalue weighted by Gasteiger charge is -2.23. The van der Waals surface area contributed by atoms with Crippen molar-refractivity contribution in [1.29, 1.82) is 5.53 Å². The van der Waals surface area contributed by atoms with Crippen molar-refractivity contribution in [2.45, 2.75) is 13.0 Å². The summed E-state index contributed by atoms with van der Waals surface area (Å²) in [6.07, 6.45) is 5.63. The van der Waals surface area contributed by atoms with Crippen LogP contribution in [0.15, 0.2) is 53.3 Å². The predicted octanol–water partition coefficient (Wildman–Crippen LogP) is 3.14. The van der Waals surface area contributed by atoms with Gasteiger partial charge in [0.25, 0.3) is 0 Å². The van der Waals surface area contributed by atoms with Crippen LogP contribution in [0.2, 0.25) is 0 Å². The van der Waals surface area contributed by atoms with Gasteiger partial charge in [-0.15, -0.1) is 0 Å². The van der Waals surface area contributed by atoms with E-state index in [0.29, 0.717) is 5.70 Å². The van der Waals surface area contributed by atoms with Gasteiger partial charge in [0, 0.05) is 11.6 Å². The number of hydrogen-bond donors (Lipinski definition) is 2. The van der Waals surface area contributed by atoms with E-state index in [1.54, 1.807) is 6.08 Å². The van der Waals surface area contributed by atoms with Crippen molar-refractivity contribution in [3.05, 3.63) is 48.2 Å². The van der Waals surface area contributed by atoms with E-state index in [-0.39, 0.29) is 12.0 Å². The van der Waals surface area contributed by atoms with E-state index < -0.39 is 0 Å². The first-order chi connectivity index (χ1) is 8.19. The molecule has 0 spiro atoms. The van der Waals surface area contributed by atoms with Gasteiger partial charge in [-0.2, -0.15) is 5.11 Å². The van der Waals surface area contributed by atoms with Crippen LogP contribution in [-0.2, 0) is 0 Å². The fraction of sp³-hybridized carbons (Fsp3) is 0.231. The standard InChI is InChI=1S/C13H15N3O/c1-9-8-11(16-15)4-7-13(9)17-12-5-2-10(14)3-6-12/h2-9,13,15H,14H2,1H3. The van der Waals surface area contributed by atoms with Gasteiger partial charge in [0.1, 0.15) is 11.9 Å². The molecule has 17 heavy (non-hydrogen) atoms. The molecule has 0 saturated heterocycles. The summed E-state index contributed by atoms with van der Waals surface area (Å²) in [5.74, 6) is 0.988. The van der Waals surface area contributed by atoms with Crippen molar-refractivity contribution in [1.82, 2.24) is 0 Å². The van der Waals surface area contributed by atoms with Crippen LogP contribution in [0.1, 0.15) is 6.92 Å². The maximum absolute atomic E-state index is 6.95. The minimum Gasteiger partial charge on any atom is -0.486 e. The first kappa shape index (κ1) is 11.4. The smallest absolute Gasteiger partial charge is 0.123 e. The van der Waals surface area contributed by atoms with Crippen molar-refractivity contribution < 1.29 is 4.74 Å². The summed E-state index contributed by atoms with van der Waals surface area (Å²) in [5.41, 5.74) is 14.0. The van der Waals surface area contributed by atoms with E-state index in [1.165, 1.54) is 0 Å². The number of nitrogen functional groups attached to an aromatic ring is 1. The Kier molecular flexibility index (Phi) is 3.23. The number of rotatable bonds is 3. The van der Waals surface area contributed by atoms with Gasteiger partial charge in [0.15, 0.2) is 0 Å². The van der Waals surface area contributed by atoms with Gasteiger partial charge in [0.2, 0.25) is 0 Å². The molecule has 4 nitrogen and oxygen atoms in total. The van der Waals surface area contributed by atoms with E-state index in [9.17, 15) is 0 Å². The molecule has 0 aromatic heterocycles. The lowest BCUT2D eigenvalue weighted by molar-refractivity contribution is 0.209. The maximum Gasteiger partial charge on any atom is 0.123 e. The Morgan fingerprint density at radius 1 is 1.29 bits per heavy atom. The van der Waals surface area contributed by atoms with E-state index in [1.807, 2.05) is 43.3 Å². The number of benzene rings is 1. The minimum absolute atomic E-state index is 0.0240. The minimum atomic E-state index is -0.0240. The Morgan fingerprint density at radius 3 is 2.59 bits per heavy atom. The molecule has 2 atom stereocenters. The predicted molar refractivity (Wildman–Crippen MR) is 66.8 cm³/mol. The highest BCUT2D eigenvalue weighted by atomic mass is 16.5. The van der Waals surface area contributed by atoms with Crippen LogP contribution in [0.25, 0.3) is 0 Å². The number of hydrogen-bond acceptors (Lipinski definition) is 4. The molecule has 88 valence electrons. The van der Waals surface area contributed by atoms with Gasteiger partial charge < -0.3 is 10.5 Å². The van der Waals surface area contributed by atoms with E-state index in [4.69, 9.17) is 16.0 Å². The van der Waals surface area contributed by atoms with Gasteiger partial charge in [0.05, 0.1) is 5.70 Å². The highest BCUT2D eigenvalue weighted by Gasteiger charge is 2.18. The monoisotopic (exact) mass is 229 g/mol. The molecule has 1 aromatic rings. The normalized spacial score (nSPS) is 23.0. The topological polar surface area (TPSA) is 71.5 Å². The second-order valence-corrected chi connectivity index (χ2v) is 4.07. The SMILES string of the molecule is CC1C=C(N=N)C=CC1Oc1ccc(N)cc1.